The minimum Gasteiger partial charge on any atom is -0.423 e. The highest BCUT2D eigenvalue weighted by atomic mass is 16.5. The Kier molecular flexibility index (Phi) is 4.11. The smallest absolute Gasteiger partial charge is 0.319 e. The lowest BCUT2D eigenvalue weighted by Gasteiger charge is -2.12. The lowest BCUT2D eigenvalue weighted by molar-refractivity contribution is 0.112. The highest BCUT2D eigenvalue weighted by Crippen LogP contribution is 2.20. The van der Waals surface area contributed by atoms with Crippen molar-refractivity contribution < 1.29 is 13.9 Å². The molecule has 1 aromatic heterocycles. The minimum atomic E-state index is -0.256. The van der Waals surface area contributed by atoms with Gasteiger partial charge >= 0.3 is 6.03 Å². The number of nitrogens with one attached hydrogen (secondary N) is 2. The molecule has 1 aliphatic heterocycles. The molecule has 21 heavy (non-hydrogen) atoms. The molecule has 7 heteroatoms. The van der Waals surface area contributed by atoms with E-state index in [0.29, 0.717) is 18.1 Å². The molecule has 0 saturated carbocycles. The molecular weight excluding hydrogens is 272 g/mol. The van der Waals surface area contributed by atoms with Crippen LogP contribution in [0.4, 0.5) is 10.5 Å². The maximum atomic E-state index is 11.8. The first kappa shape index (κ1) is 13.6. The maximum Gasteiger partial charge on any atom is 0.319 e. The van der Waals surface area contributed by atoms with Gasteiger partial charge in [0, 0.05) is 24.4 Å². The number of nitrogens with zero attached hydrogens (tertiary/aromatic N) is 2. The van der Waals surface area contributed by atoms with Crippen molar-refractivity contribution in [2.24, 2.45) is 0 Å². The van der Waals surface area contributed by atoms with E-state index in [0.717, 1.165) is 25.0 Å². The predicted molar refractivity (Wildman–Crippen MR) is 75.7 cm³/mol. The molecule has 2 aromatic rings. The number of aromatic nitrogens is 2. The Balaban J connectivity index is 1.56. The minimum absolute atomic E-state index is 0.125. The van der Waals surface area contributed by atoms with Gasteiger partial charge in [-0.15, -0.1) is 10.2 Å². The molecule has 0 unspecified atom stereocenters. The van der Waals surface area contributed by atoms with Crippen molar-refractivity contribution in [1.29, 1.82) is 0 Å². The van der Waals surface area contributed by atoms with E-state index in [9.17, 15) is 4.79 Å². The number of benzene rings is 1. The molecule has 2 amide bonds. The van der Waals surface area contributed by atoms with Gasteiger partial charge in [-0.3, -0.25) is 0 Å². The molecule has 1 saturated heterocycles. The zero-order chi connectivity index (χ0) is 14.5. The number of rotatable bonds is 4. The molecule has 0 spiro atoms. The second-order valence-electron chi connectivity index (χ2n) is 4.79. The molecule has 2 N–H and O–H groups in total. The quantitative estimate of drug-likeness (QED) is 0.898. The first-order chi connectivity index (χ1) is 10.3. The van der Waals surface area contributed by atoms with Crippen molar-refractivity contribution in [2.45, 2.75) is 18.9 Å². The van der Waals surface area contributed by atoms with Gasteiger partial charge in [-0.2, -0.15) is 0 Å². The summed E-state index contributed by atoms with van der Waals surface area (Å²) < 4.78 is 10.6. The van der Waals surface area contributed by atoms with Crippen LogP contribution in [0, 0.1) is 0 Å². The number of carbonyl (C=O) groups is 1. The Hall–Kier alpha value is -2.41. The summed E-state index contributed by atoms with van der Waals surface area (Å²) in [4.78, 5) is 11.8. The summed E-state index contributed by atoms with van der Waals surface area (Å²) in [5, 5.41) is 13.0. The molecule has 1 aromatic carbocycles. The highest BCUT2D eigenvalue weighted by Gasteiger charge is 2.16. The van der Waals surface area contributed by atoms with Gasteiger partial charge in [0.1, 0.15) is 0 Å². The first-order valence-electron chi connectivity index (χ1n) is 6.84. The monoisotopic (exact) mass is 288 g/mol. The largest absolute Gasteiger partial charge is 0.423 e. The van der Waals surface area contributed by atoms with Crippen LogP contribution in [-0.2, 0) is 4.74 Å². The van der Waals surface area contributed by atoms with E-state index in [1.807, 2.05) is 12.1 Å². The number of hydrogen-bond acceptors (Lipinski definition) is 5. The summed E-state index contributed by atoms with van der Waals surface area (Å²) in [6, 6.07) is 6.97. The van der Waals surface area contributed by atoms with Gasteiger partial charge in [0.15, 0.2) is 0 Å². The maximum absolute atomic E-state index is 11.8. The van der Waals surface area contributed by atoms with Crippen LogP contribution in [-0.4, -0.2) is 35.5 Å². The van der Waals surface area contributed by atoms with Crippen LogP contribution in [0.5, 0.6) is 0 Å². The Labute approximate surface area is 121 Å². The van der Waals surface area contributed by atoms with E-state index < -0.39 is 0 Å². The molecule has 1 aliphatic rings. The molecule has 0 radical (unpaired) electrons. The van der Waals surface area contributed by atoms with E-state index in [1.54, 1.807) is 12.1 Å². The van der Waals surface area contributed by atoms with Gasteiger partial charge in [-0.25, -0.2) is 4.79 Å². The van der Waals surface area contributed by atoms with Crippen molar-refractivity contribution >= 4 is 11.7 Å². The zero-order valence-corrected chi connectivity index (χ0v) is 11.4. The van der Waals surface area contributed by atoms with Gasteiger partial charge in [0.25, 0.3) is 0 Å². The SMILES string of the molecule is O=C(NC[C@@H]1CCCO1)Nc1cccc(-c2nnco2)c1. The molecule has 0 bridgehead atoms. The number of urea groups is 1. The van der Waals surface area contributed by atoms with Gasteiger partial charge in [0.05, 0.1) is 6.10 Å². The van der Waals surface area contributed by atoms with Crippen molar-refractivity contribution in [2.75, 3.05) is 18.5 Å². The third kappa shape index (κ3) is 3.57. The van der Waals surface area contributed by atoms with Gasteiger partial charge < -0.3 is 19.8 Å². The number of hydrogen-bond donors (Lipinski definition) is 2. The third-order valence-electron chi connectivity index (χ3n) is 3.24. The molecule has 2 heterocycles. The average Bonchev–Trinajstić information content (AvgIpc) is 3.19. The second-order valence-corrected chi connectivity index (χ2v) is 4.79. The van der Waals surface area contributed by atoms with Gasteiger partial charge in [-0.1, -0.05) is 6.07 Å². The second kappa shape index (κ2) is 6.36. The molecular formula is C14H16N4O3. The Bertz CT molecular complexity index is 594. The summed E-state index contributed by atoms with van der Waals surface area (Å²) in [7, 11) is 0. The fourth-order valence-corrected chi connectivity index (χ4v) is 2.22. The fraction of sp³-hybridized carbons (Fsp3) is 0.357. The first-order valence-corrected chi connectivity index (χ1v) is 6.84. The fourth-order valence-electron chi connectivity index (χ4n) is 2.22. The number of amides is 2. The Morgan fingerprint density at radius 2 is 2.38 bits per heavy atom. The number of anilines is 1. The molecule has 1 atom stereocenters. The van der Waals surface area contributed by atoms with Crippen LogP contribution in [0.2, 0.25) is 0 Å². The topological polar surface area (TPSA) is 89.3 Å². The van der Waals surface area contributed by atoms with E-state index >= 15 is 0 Å². The lowest BCUT2D eigenvalue weighted by atomic mass is 10.2. The van der Waals surface area contributed by atoms with E-state index in [-0.39, 0.29) is 12.1 Å². The van der Waals surface area contributed by atoms with Crippen molar-refractivity contribution in [3.05, 3.63) is 30.7 Å². The molecule has 110 valence electrons. The van der Waals surface area contributed by atoms with E-state index in [1.165, 1.54) is 6.39 Å². The van der Waals surface area contributed by atoms with Crippen LogP contribution in [0.25, 0.3) is 11.5 Å². The van der Waals surface area contributed by atoms with Gasteiger partial charge in [-0.05, 0) is 31.0 Å². The van der Waals surface area contributed by atoms with Crippen molar-refractivity contribution in [3.8, 4) is 11.5 Å². The molecule has 7 nitrogen and oxygen atoms in total. The Morgan fingerprint density at radius 1 is 1.43 bits per heavy atom. The summed E-state index contributed by atoms with van der Waals surface area (Å²) in [5.74, 6) is 0.415. The summed E-state index contributed by atoms with van der Waals surface area (Å²) in [5.41, 5.74) is 1.42. The van der Waals surface area contributed by atoms with E-state index in [2.05, 4.69) is 20.8 Å². The summed E-state index contributed by atoms with van der Waals surface area (Å²) in [6.07, 6.45) is 3.44. The Morgan fingerprint density at radius 3 is 3.14 bits per heavy atom. The van der Waals surface area contributed by atoms with Crippen LogP contribution < -0.4 is 10.6 Å². The predicted octanol–water partition coefficient (Wildman–Crippen LogP) is 2.04. The van der Waals surface area contributed by atoms with Crippen LogP contribution in [0.3, 0.4) is 0 Å². The van der Waals surface area contributed by atoms with E-state index in [4.69, 9.17) is 9.15 Å². The van der Waals surface area contributed by atoms with Crippen molar-refractivity contribution in [3.63, 3.8) is 0 Å². The molecule has 3 rings (SSSR count). The number of carbonyl (C=O) groups excluding carboxylic acids is 1. The standard InChI is InChI=1S/C14H16N4O3/c19-14(15-8-12-5-2-6-20-12)17-11-4-1-3-10(7-11)13-18-16-9-21-13/h1,3-4,7,9,12H,2,5-6,8H2,(H2,15,17,19)/t12-/m0/s1. The summed E-state index contributed by atoms with van der Waals surface area (Å²) >= 11 is 0. The average molecular weight is 288 g/mol. The summed E-state index contributed by atoms with van der Waals surface area (Å²) in [6.45, 7) is 1.30. The normalized spacial score (nSPS) is 17.6. The molecule has 1 fully saturated rings. The lowest BCUT2D eigenvalue weighted by Crippen LogP contribution is -2.35. The van der Waals surface area contributed by atoms with Crippen molar-refractivity contribution in [1.82, 2.24) is 15.5 Å². The van der Waals surface area contributed by atoms with Crippen LogP contribution in [0.1, 0.15) is 12.8 Å². The highest BCUT2D eigenvalue weighted by molar-refractivity contribution is 5.89. The zero-order valence-electron chi connectivity index (χ0n) is 11.4. The van der Waals surface area contributed by atoms with Crippen LogP contribution >= 0.6 is 0 Å². The van der Waals surface area contributed by atoms with Crippen LogP contribution in [0.15, 0.2) is 35.1 Å². The van der Waals surface area contributed by atoms with Gasteiger partial charge in [0.2, 0.25) is 12.3 Å². The number of ether oxygens (including phenoxy) is 1. The third-order valence-corrected chi connectivity index (χ3v) is 3.24. The molecule has 0 aliphatic carbocycles.